The molecule has 1 rings (SSSR count). The van der Waals surface area contributed by atoms with Crippen LogP contribution in [0, 0.1) is 10.5 Å². The Balaban J connectivity index is 3.15. The molecule has 2 nitrogen and oxygen atoms in total. The van der Waals surface area contributed by atoms with E-state index in [1.165, 1.54) is 9.26 Å². The quantitative estimate of drug-likeness (QED) is 0.750. The molecular weight excluding hydrogens is 251 g/mol. The molecule has 0 aromatic carbocycles. The number of hydrogen-bond donors (Lipinski definition) is 0. The maximum absolute atomic E-state index is 4.41. The van der Waals surface area contributed by atoms with Gasteiger partial charge in [0.2, 0.25) is 0 Å². The number of halogens is 1. The Bertz CT molecular complexity index is 253. The highest BCUT2D eigenvalue weighted by molar-refractivity contribution is 14.1. The van der Waals surface area contributed by atoms with Crippen molar-refractivity contribution in [1.82, 2.24) is 9.78 Å². The second kappa shape index (κ2) is 3.56. The van der Waals surface area contributed by atoms with E-state index >= 15 is 0 Å². The molecule has 1 aromatic heterocycles. The van der Waals surface area contributed by atoms with E-state index in [9.17, 15) is 0 Å². The van der Waals surface area contributed by atoms with Crippen molar-refractivity contribution in [2.45, 2.75) is 33.7 Å². The molecule has 0 bridgehead atoms. The van der Waals surface area contributed by atoms with Crippen LogP contribution >= 0.6 is 22.6 Å². The molecule has 1 heterocycles. The molecule has 11 heavy (non-hydrogen) atoms. The summed E-state index contributed by atoms with van der Waals surface area (Å²) in [5.41, 5.74) is 2.52. The Morgan fingerprint density at radius 1 is 1.45 bits per heavy atom. The van der Waals surface area contributed by atoms with Gasteiger partial charge < -0.3 is 0 Å². The summed E-state index contributed by atoms with van der Waals surface area (Å²) in [7, 11) is 0. The maximum Gasteiger partial charge on any atom is 0.0730 e. The third-order valence-electron chi connectivity index (χ3n) is 1.79. The summed E-state index contributed by atoms with van der Waals surface area (Å²) < 4.78 is 3.41. The SMILES string of the molecule is CCc1c(I)c(C)nn1CC. The Morgan fingerprint density at radius 3 is 2.45 bits per heavy atom. The molecule has 0 amide bonds. The molecule has 0 saturated heterocycles. The Hall–Kier alpha value is -0.0600. The fourth-order valence-electron chi connectivity index (χ4n) is 1.21. The van der Waals surface area contributed by atoms with Gasteiger partial charge in [-0.2, -0.15) is 5.10 Å². The predicted molar refractivity (Wildman–Crippen MR) is 54.7 cm³/mol. The van der Waals surface area contributed by atoms with Crippen molar-refractivity contribution in [3.8, 4) is 0 Å². The van der Waals surface area contributed by atoms with Gasteiger partial charge in [-0.15, -0.1) is 0 Å². The summed E-state index contributed by atoms with van der Waals surface area (Å²) in [5.74, 6) is 0. The van der Waals surface area contributed by atoms with E-state index in [4.69, 9.17) is 0 Å². The van der Waals surface area contributed by atoms with Gasteiger partial charge in [0, 0.05) is 6.54 Å². The van der Waals surface area contributed by atoms with E-state index in [2.05, 4.69) is 53.1 Å². The average Bonchev–Trinajstić information content (AvgIpc) is 2.28. The van der Waals surface area contributed by atoms with Crippen LogP contribution in [-0.2, 0) is 13.0 Å². The van der Waals surface area contributed by atoms with Gasteiger partial charge in [-0.1, -0.05) is 6.92 Å². The van der Waals surface area contributed by atoms with Gasteiger partial charge in [-0.3, -0.25) is 4.68 Å². The molecule has 0 atom stereocenters. The molecule has 0 spiro atoms. The van der Waals surface area contributed by atoms with Crippen LogP contribution in [0.3, 0.4) is 0 Å². The van der Waals surface area contributed by atoms with Crippen molar-refractivity contribution >= 4 is 22.6 Å². The third-order valence-corrected chi connectivity index (χ3v) is 3.19. The first-order valence-electron chi connectivity index (χ1n) is 3.92. The number of hydrogen-bond acceptors (Lipinski definition) is 1. The van der Waals surface area contributed by atoms with Crippen molar-refractivity contribution < 1.29 is 0 Å². The number of aromatic nitrogens is 2. The molecule has 0 radical (unpaired) electrons. The summed E-state index contributed by atoms with van der Waals surface area (Å²) >= 11 is 2.37. The smallest absolute Gasteiger partial charge is 0.0730 e. The maximum atomic E-state index is 4.41. The molecule has 0 aliphatic rings. The van der Waals surface area contributed by atoms with E-state index in [1.807, 2.05) is 0 Å². The first-order chi connectivity index (χ1) is 5.20. The highest BCUT2D eigenvalue weighted by atomic mass is 127. The molecule has 0 aliphatic carbocycles. The zero-order chi connectivity index (χ0) is 8.43. The molecule has 0 unspecified atom stereocenters. The lowest BCUT2D eigenvalue weighted by Crippen LogP contribution is -2.01. The minimum absolute atomic E-state index is 0.979. The molecule has 0 saturated carbocycles. The van der Waals surface area contributed by atoms with Crippen LogP contribution in [0.25, 0.3) is 0 Å². The van der Waals surface area contributed by atoms with Crippen LogP contribution in [0.2, 0.25) is 0 Å². The molecule has 0 aliphatic heterocycles. The van der Waals surface area contributed by atoms with Gasteiger partial charge in [-0.05, 0) is 42.9 Å². The van der Waals surface area contributed by atoms with Crippen LogP contribution in [0.15, 0.2) is 0 Å². The van der Waals surface area contributed by atoms with Crippen molar-refractivity contribution in [2.24, 2.45) is 0 Å². The van der Waals surface area contributed by atoms with E-state index in [0.717, 1.165) is 18.7 Å². The average molecular weight is 264 g/mol. The van der Waals surface area contributed by atoms with Crippen LogP contribution in [0.4, 0.5) is 0 Å². The lowest BCUT2D eigenvalue weighted by atomic mass is 10.3. The minimum atomic E-state index is 0.979. The van der Waals surface area contributed by atoms with Crippen LogP contribution < -0.4 is 0 Å². The standard InChI is InChI=1S/C8H13IN2/c1-4-7-8(9)6(3)10-11(7)5-2/h4-5H2,1-3H3. The van der Waals surface area contributed by atoms with Gasteiger partial charge in [0.05, 0.1) is 15.0 Å². The Labute approximate surface area is 81.1 Å². The van der Waals surface area contributed by atoms with Crippen molar-refractivity contribution in [2.75, 3.05) is 0 Å². The summed E-state index contributed by atoms with van der Waals surface area (Å²) in [4.78, 5) is 0. The van der Waals surface area contributed by atoms with Crippen molar-refractivity contribution in [3.05, 3.63) is 15.0 Å². The summed E-state index contributed by atoms with van der Waals surface area (Å²) in [6, 6.07) is 0. The fraction of sp³-hybridized carbons (Fsp3) is 0.625. The third kappa shape index (κ3) is 1.58. The van der Waals surface area contributed by atoms with Gasteiger partial charge in [0.15, 0.2) is 0 Å². The highest BCUT2D eigenvalue weighted by Gasteiger charge is 2.08. The molecule has 0 fully saturated rings. The monoisotopic (exact) mass is 264 g/mol. The summed E-state index contributed by atoms with van der Waals surface area (Å²) in [6.07, 6.45) is 1.08. The second-order valence-electron chi connectivity index (χ2n) is 2.52. The predicted octanol–water partition coefficient (Wildman–Crippen LogP) is 2.38. The normalized spacial score (nSPS) is 10.5. The van der Waals surface area contributed by atoms with Gasteiger partial charge in [0.1, 0.15) is 0 Å². The Kier molecular flexibility index (Phi) is 2.92. The van der Waals surface area contributed by atoms with E-state index in [1.54, 1.807) is 0 Å². The molecule has 1 aromatic rings. The highest BCUT2D eigenvalue weighted by Crippen LogP contribution is 2.16. The van der Waals surface area contributed by atoms with Crippen LogP contribution in [0.1, 0.15) is 25.2 Å². The number of aryl methyl sites for hydroxylation is 2. The first-order valence-corrected chi connectivity index (χ1v) is 5.00. The fourth-order valence-corrected chi connectivity index (χ4v) is 1.97. The van der Waals surface area contributed by atoms with Gasteiger partial charge in [-0.25, -0.2) is 0 Å². The van der Waals surface area contributed by atoms with E-state index in [-0.39, 0.29) is 0 Å². The minimum Gasteiger partial charge on any atom is -0.269 e. The van der Waals surface area contributed by atoms with Crippen molar-refractivity contribution in [1.29, 1.82) is 0 Å². The molecule has 0 N–H and O–H groups in total. The zero-order valence-electron chi connectivity index (χ0n) is 7.19. The summed E-state index contributed by atoms with van der Waals surface area (Å²) in [6.45, 7) is 7.34. The zero-order valence-corrected chi connectivity index (χ0v) is 9.34. The lowest BCUT2D eigenvalue weighted by molar-refractivity contribution is 0.621. The van der Waals surface area contributed by atoms with E-state index < -0.39 is 0 Å². The summed E-state index contributed by atoms with van der Waals surface area (Å²) in [5, 5.41) is 4.41. The van der Waals surface area contributed by atoms with E-state index in [0.29, 0.717) is 0 Å². The number of rotatable bonds is 2. The largest absolute Gasteiger partial charge is 0.269 e. The topological polar surface area (TPSA) is 17.8 Å². The Morgan fingerprint density at radius 2 is 2.09 bits per heavy atom. The molecular formula is C8H13IN2. The van der Waals surface area contributed by atoms with Crippen LogP contribution in [0.5, 0.6) is 0 Å². The van der Waals surface area contributed by atoms with Crippen LogP contribution in [-0.4, -0.2) is 9.78 Å². The van der Waals surface area contributed by atoms with Crippen molar-refractivity contribution in [3.63, 3.8) is 0 Å². The van der Waals surface area contributed by atoms with Gasteiger partial charge in [0.25, 0.3) is 0 Å². The lowest BCUT2D eigenvalue weighted by Gasteiger charge is -2.00. The first kappa shape index (κ1) is 9.03. The number of nitrogens with zero attached hydrogens (tertiary/aromatic N) is 2. The molecule has 62 valence electrons. The second-order valence-corrected chi connectivity index (χ2v) is 3.59. The molecule has 3 heteroatoms. The van der Waals surface area contributed by atoms with Gasteiger partial charge >= 0.3 is 0 Å².